The fourth-order valence-electron chi connectivity index (χ4n) is 3.87. The molecule has 1 unspecified atom stereocenters. The molecule has 2 aliphatic heterocycles. The zero-order valence-electron chi connectivity index (χ0n) is 13.8. The zero-order valence-corrected chi connectivity index (χ0v) is 14.6. The first-order valence-corrected chi connectivity index (χ1v) is 9.20. The van der Waals surface area contributed by atoms with Gasteiger partial charge in [0.2, 0.25) is 0 Å². The molecule has 2 heterocycles. The predicted molar refractivity (Wildman–Crippen MR) is 90.4 cm³/mol. The number of likely N-dealkylation sites (tertiary alicyclic amines) is 1. The molecule has 2 saturated heterocycles. The Balaban J connectivity index is 1.96. The van der Waals surface area contributed by atoms with Gasteiger partial charge in [-0.2, -0.15) is 11.8 Å². The molecule has 2 N–H and O–H groups in total. The molecule has 0 spiro atoms. The van der Waals surface area contributed by atoms with Crippen molar-refractivity contribution < 1.29 is 0 Å². The first-order valence-electron chi connectivity index (χ1n) is 8.04. The Labute approximate surface area is 129 Å². The number of piperidine rings is 1. The second kappa shape index (κ2) is 6.55. The van der Waals surface area contributed by atoms with E-state index >= 15 is 0 Å². The molecule has 2 rings (SSSR count). The van der Waals surface area contributed by atoms with E-state index in [9.17, 15) is 0 Å². The largest absolute Gasteiger partial charge is 0.329 e. The van der Waals surface area contributed by atoms with Crippen LogP contribution in [0.2, 0.25) is 0 Å². The van der Waals surface area contributed by atoms with Crippen LogP contribution in [0.4, 0.5) is 0 Å². The number of hydrogen-bond acceptors (Lipinski definition) is 4. The summed E-state index contributed by atoms with van der Waals surface area (Å²) in [7, 11) is 4.55. The van der Waals surface area contributed by atoms with Crippen LogP contribution in [0, 0.1) is 11.3 Å². The predicted octanol–water partition coefficient (Wildman–Crippen LogP) is 2.12. The molecule has 118 valence electrons. The number of hydrogen-bond donors (Lipinski definition) is 1. The molecule has 0 amide bonds. The first kappa shape index (κ1) is 16.6. The maximum atomic E-state index is 6.22. The third-order valence-corrected chi connectivity index (χ3v) is 6.96. The minimum absolute atomic E-state index is 0.218. The Morgan fingerprint density at radius 1 is 1.25 bits per heavy atom. The Morgan fingerprint density at radius 2 is 1.90 bits per heavy atom. The van der Waals surface area contributed by atoms with Gasteiger partial charge >= 0.3 is 0 Å². The van der Waals surface area contributed by atoms with Gasteiger partial charge in [0.1, 0.15) is 0 Å². The number of likely N-dealkylation sites (N-methyl/N-ethyl adjacent to an activating group) is 1. The average molecular weight is 300 g/mol. The summed E-state index contributed by atoms with van der Waals surface area (Å²) in [4.78, 5) is 5.06. The lowest BCUT2D eigenvalue weighted by atomic mass is 9.78. The van der Waals surface area contributed by atoms with Crippen LogP contribution in [0.1, 0.15) is 33.1 Å². The highest BCUT2D eigenvalue weighted by Crippen LogP contribution is 2.41. The van der Waals surface area contributed by atoms with Crippen molar-refractivity contribution in [2.24, 2.45) is 17.1 Å². The van der Waals surface area contributed by atoms with Crippen molar-refractivity contribution in [2.75, 3.05) is 51.8 Å². The van der Waals surface area contributed by atoms with E-state index in [0.29, 0.717) is 5.41 Å². The topological polar surface area (TPSA) is 32.5 Å². The Bertz CT molecular complexity index is 313. The average Bonchev–Trinajstić information content (AvgIpc) is 2.40. The van der Waals surface area contributed by atoms with Crippen molar-refractivity contribution in [1.82, 2.24) is 9.80 Å². The van der Waals surface area contributed by atoms with Crippen molar-refractivity contribution in [1.29, 1.82) is 0 Å². The van der Waals surface area contributed by atoms with Crippen molar-refractivity contribution >= 4 is 11.8 Å². The molecule has 3 nitrogen and oxygen atoms in total. The van der Waals surface area contributed by atoms with Gasteiger partial charge in [0.15, 0.2) is 0 Å². The number of thioether (sulfide) groups is 1. The van der Waals surface area contributed by atoms with E-state index < -0.39 is 0 Å². The Kier molecular flexibility index (Phi) is 5.44. The van der Waals surface area contributed by atoms with Crippen LogP contribution < -0.4 is 5.73 Å². The minimum atomic E-state index is 0.218. The van der Waals surface area contributed by atoms with Gasteiger partial charge in [0.05, 0.1) is 0 Å². The molecule has 0 aliphatic carbocycles. The zero-order chi connectivity index (χ0) is 14.8. The Hall–Kier alpha value is 0.230. The van der Waals surface area contributed by atoms with Crippen LogP contribution in [-0.2, 0) is 0 Å². The quantitative estimate of drug-likeness (QED) is 0.862. The van der Waals surface area contributed by atoms with Gasteiger partial charge in [-0.05, 0) is 63.5 Å². The molecule has 0 aromatic heterocycles. The number of nitrogens with two attached hydrogens (primary N) is 1. The second-order valence-corrected chi connectivity index (χ2v) is 8.88. The fourth-order valence-corrected chi connectivity index (χ4v) is 5.44. The summed E-state index contributed by atoms with van der Waals surface area (Å²) in [6.07, 6.45) is 3.93. The Morgan fingerprint density at radius 3 is 2.45 bits per heavy atom. The molecule has 0 aromatic carbocycles. The number of nitrogens with zero attached hydrogens (tertiary/aromatic N) is 2. The lowest BCUT2D eigenvalue weighted by Gasteiger charge is -2.50. The van der Waals surface area contributed by atoms with Crippen molar-refractivity contribution in [3.8, 4) is 0 Å². The second-order valence-electron chi connectivity index (χ2n) is 7.89. The van der Waals surface area contributed by atoms with Crippen molar-refractivity contribution in [2.45, 2.75) is 38.6 Å². The van der Waals surface area contributed by atoms with E-state index in [1.807, 2.05) is 0 Å². The van der Waals surface area contributed by atoms with Gasteiger partial charge in [-0.3, -0.25) is 4.90 Å². The molecule has 1 atom stereocenters. The van der Waals surface area contributed by atoms with E-state index in [1.54, 1.807) is 0 Å². The highest BCUT2D eigenvalue weighted by atomic mass is 32.2. The van der Waals surface area contributed by atoms with Crippen molar-refractivity contribution in [3.05, 3.63) is 0 Å². The van der Waals surface area contributed by atoms with Crippen LogP contribution in [0.5, 0.6) is 0 Å². The normalized spacial score (nSPS) is 32.7. The molecule has 0 radical (unpaired) electrons. The summed E-state index contributed by atoms with van der Waals surface area (Å²) in [5.41, 5.74) is 6.86. The molecular formula is C16H33N3S. The summed E-state index contributed by atoms with van der Waals surface area (Å²) in [5, 5.41) is 0. The summed E-state index contributed by atoms with van der Waals surface area (Å²) < 4.78 is 0. The van der Waals surface area contributed by atoms with Crippen LogP contribution in [-0.4, -0.2) is 67.1 Å². The van der Waals surface area contributed by atoms with E-state index in [2.05, 4.69) is 49.5 Å². The summed E-state index contributed by atoms with van der Waals surface area (Å²) in [6.45, 7) is 9.33. The SMILES string of the molecule is CN1CCC(CN(C)C2(CN)CSCC(C)(C)C2)CC1. The number of rotatable bonds is 4. The molecule has 4 heteroatoms. The molecule has 2 aliphatic rings. The summed E-state index contributed by atoms with van der Waals surface area (Å²) in [6, 6.07) is 0. The molecule has 20 heavy (non-hydrogen) atoms. The fraction of sp³-hybridized carbons (Fsp3) is 1.00. The summed E-state index contributed by atoms with van der Waals surface area (Å²) >= 11 is 2.09. The molecule has 0 saturated carbocycles. The third kappa shape index (κ3) is 3.90. The smallest absolute Gasteiger partial charge is 0.0424 e. The van der Waals surface area contributed by atoms with E-state index in [-0.39, 0.29) is 5.54 Å². The molecular weight excluding hydrogens is 266 g/mol. The monoisotopic (exact) mass is 299 g/mol. The van der Waals surface area contributed by atoms with Gasteiger partial charge < -0.3 is 10.6 Å². The van der Waals surface area contributed by atoms with Gasteiger partial charge in [-0.25, -0.2) is 0 Å². The standard InChI is InChI=1S/C16H33N3S/c1-15(2)10-16(11-17,13-20-12-15)19(4)9-14-5-7-18(3)8-6-14/h14H,5-13,17H2,1-4H3. The van der Waals surface area contributed by atoms with Gasteiger partial charge in [0.25, 0.3) is 0 Å². The lowest BCUT2D eigenvalue weighted by Crippen LogP contribution is -2.59. The molecule has 2 fully saturated rings. The first-order chi connectivity index (χ1) is 9.37. The van der Waals surface area contributed by atoms with E-state index in [0.717, 1.165) is 12.5 Å². The highest BCUT2D eigenvalue weighted by Gasteiger charge is 2.42. The van der Waals surface area contributed by atoms with Crippen LogP contribution in [0.25, 0.3) is 0 Å². The van der Waals surface area contributed by atoms with E-state index in [1.165, 1.54) is 50.4 Å². The van der Waals surface area contributed by atoms with Crippen molar-refractivity contribution in [3.63, 3.8) is 0 Å². The summed E-state index contributed by atoms with van der Waals surface area (Å²) in [5.74, 6) is 3.34. The highest BCUT2D eigenvalue weighted by molar-refractivity contribution is 7.99. The van der Waals surface area contributed by atoms with Gasteiger partial charge in [-0.1, -0.05) is 13.8 Å². The van der Waals surface area contributed by atoms with Gasteiger partial charge in [-0.15, -0.1) is 0 Å². The lowest BCUT2D eigenvalue weighted by molar-refractivity contribution is 0.0652. The van der Waals surface area contributed by atoms with E-state index in [4.69, 9.17) is 5.73 Å². The third-order valence-electron chi connectivity index (χ3n) is 5.23. The van der Waals surface area contributed by atoms with Crippen LogP contribution in [0.3, 0.4) is 0 Å². The van der Waals surface area contributed by atoms with Gasteiger partial charge in [0, 0.05) is 24.4 Å². The maximum absolute atomic E-state index is 6.22. The molecule has 0 bridgehead atoms. The minimum Gasteiger partial charge on any atom is -0.329 e. The maximum Gasteiger partial charge on any atom is 0.0424 e. The van der Waals surface area contributed by atoms with Crippen LogP contribution >= 0.6 is 11.8 Å². The van der Waals surface area contributed by atoms with Crippen LogP contribution in [0.15, 0.2) is 0 Å². The molecule has 0 aromatic rings.